The Morgan fingerprint density at radius 1 is 1.58 bits per heavy atom. The second-order valence-corrected chi connectivity index (χ2v) is 3.17. The van der Waals surface area contributed by atoms with Crippen molar-refractivity contribution in [3.8, 4) is 0 Å². The van der Waals surface area contributed by atoms with Crippen LogP contribution in [0.3, 0.4) is 0 Å². The SMILES string of the molecule is Nc1cccnc1C1CCNC1. The van der Waals surface area contributed by atoms with Gasteiger partial charge in [0.2, 0.25) is 0 Å². The second-order valence-electron chi connectivity index (χ2n) is 3.17. The Hall–Kier alpha value is -1.09. The maximum absolute atomic E-state index is 5.81. The van der Waals surface area contributed by atoms with Crippen LogP contribution < -0.4 is 11.1 Å². The minimum atomic E-state index is 0.520. The Balaban J connectivity index is 2.26. The quantitative estimate of drug-likeness (QED) is 0.642. The number of aromatic nitrogens is 1. The summed E-state index contributed by atoms with van der Waals surface area (Å²) in [5.41, 5.74) is 7.69. The van der Waals surface area contributed by atoms with Gasteiger partial charge in [0, 0.05) is 18.7 Å². The molecule has 0 bridgehead atoms. The highest BCUT2D eigenvalue weighted by Crippen LogP contribution is 2.24. The fourth-order valence-corrected chi connectivity index (χ4v) is 1.66. The van der Waals surface area contributed by atoms with Gasteiger partial charge in [-0.2, -0.15) is 0 Å². The van der Waals surface area contributed by atoms with E-state index in [-0.39, 0.29) is 0 Å². The van der Waals surface area contributed by atoms with Gasteiger partial charge in [-0.1, -0.05) is 0 Å². The summed E-state index contributed by atoms with van der Waals surface area (Å²) in [7, 11) is 0. The number of nitrogens with one attached hydrogen (secondary N) is 1. The summed E-state index contributed by atoms with van der Waals surface area (Å²) in [6, 6.07) is 3.79. The Labute approximate surface area is 72.0 Å². The first-order valence-electron chi connectivity index (χ1n) is 4.29. The Morgan fingerprint density at radius 3 is 3.17 bits per heavy atom. The fraction of sp³-hybridized carbons (Fsp3) is 0.444. The predicted molar refractivity (Wildman–Crippen MR) is 48.9 cm³/mol. The summed E-state index contributed by atoms with van der Waals surface area (Å²) in [6.07, 6.45) is 2.96. The molecule has 0 radical (unpaired) electrons. The summed E-state index contributed by atoms with van der Waals surface area (Å²) < 4.78 is 0. The fourth-order valence-electron chi connectivity index (χ4n) is 1.66. The van der Waals surface area contributed by atoms with E-state index >= 15 is 0 Å². The lowest BCUT2D eigenvalue weighted by molar-refractivity contribution is 0.738. The van der Waals surface area contributed by atoms with Crippen molar-refractivity contribution in [3.63, 3.8) is 0 Å². The van der Waals surface area contributed by atoms with Gasteiger partial charge in [0.05, 0.1) is 11.4 Å². The third-order valence-corrected chi connectivity index (χ3v) is 2.32. The molecule has 1 saturated heterocycles. The van der Waals surface area contributed by atoms with E-state index in [2.05, 4.69) is 10.3 Å². The minimum Gasteiger partial charge on any atom is -0.397 e. The van der Waals surface area contributed by atoms with E-state index in [4.69, 9.17) is 5.73 Å². The first-order chi connectivity index (χ1) is 5.88. The zero-order chi connectivity index (χ0) is 8.39. The number of pyridine rings is 1. The summed E-state index contributed by atoms with van der Waals surface area (Å²) >= 11 is 0. The third kappa shape index (κ3) is 1.28. The molecule has 1 unspecified atom stereocenters. The molecule has 2 rings (SSSR count). The van der Waals surface area contributed by atoms with Crippen molar-refractivity contribution < 1.29 is 0 Å². The molecular formula is C9H13N3. The standard InChI is InChI=1S/C9H13N3/c10-8-2-1-4-12-9(8)7-3-5-11-6-7/h1-2,4,7,11H,3,5-6,10H2. The Bertz CT molecular complexity index is 266. The molecule has 3 nitrogen and oxygen atoms in total. The molecule has 1 atom stereocenters. The molecule has 1 aromatic heterocycles. The van der Waals surface area contributed by atoms with Crippen molar-refractivity contribution in [1.82, 2.24) is 10.3 Å². The average Bonchev–Trinajstić information content (AvgIpc) is 2.57. The molecule has 1 aliphatic rings. The molecule has 1 fully saturated rings. The van der Waals surface area contributed by atoms with Crippen molar-refractivity contribution in [2.75, 3.05) is 18.8 Å². The van der Waals surface area contributed by atoms with Crippen LogP contribution in [-0.2, 0) is 0 Å². The molecule has 64 valence electrons. The third-order valence-electron chi connectivity index (χ3n) is 2.32. The molecule has 2 heterocycles. The van der Waals surface area contributed by atoms with Crippen LogP contribution >= 0.6 is 0 Å². The van der Waals surface area contributed by atoms with E-state index in [0.717, 1.165) is 30.9 Å². The molecule has 0 aliphatic carbocycles. The van der Waals surface area contributed by atoms with Crippen LogP contribution in [0.2, 0.25) is 0 Å². The molecule has 1 aromatic rings. The van der Waals surface area contributed by atoms with Crippen molar-refractivity contribution in [2.45, 2.75) is 12.3 Å². The first kappa shape index (κ1) is 7.55. The zero-order valence-corrected chi connectivity index (χ0v) is 6.96. The van der Waals surface area contributed by atoms with E-state index in [1.54, 1.807) is 0 Å². The lowest BCUT2D eigenvalue weighted by Gasteiger charge is -2.09. The van der Waals surface area contributed by atoms with Gasteiger partial charge in [-0.15, -0.1) is 0 Å². The van der Waals surface area contributed by atoms with Crippen molar-refractivity contribution >= 4 is 5.69 Å². The van der Waals surface area contributed by atoms with Crippen molar-refractivity contribution in [2.24, 2.45) is 0 Å². The van der Waals surface area contributed by atoms with Gasteiger partial charge in [0.15, 0.2) is 0 Å². The molecule has 0 spiro atoms. The van der Waals surface area contributed by atoms with Gasteiger partial charge in [0.1, 0.15) is 0 Å². The van der Waals surface area contributed by atoms with E-state index in [1.807, 2.05) is 18.3 Å². The molecule has 3 heteroatoms. The number of nitrogens with two attached hydrogens (primary N) is 1. The van der Waals surface area contributed by atoms with Gasteiger partial charge < -0.3 is 11.1 Å². The molecule has 12 heavy (non-hydrogen) atoms. The summed E-state index contributed by atoms with van der Waals surface area (Å²) in [6.45, 7) is 2.10. The summed E-state index contributed by atoms with van der Waals surface area (Å²) in [5, 5.41) is 3.30. The maximum Gasteiger partial charge on any atom is 0.0676 e. The number of anilines is 1. The number of nitrogens with zero attached hydrogens (tertiary/aromatic N) is 1. The highest BCUT2D eigenvalue weighted by atomic mass is 14.9. The van der Waals surface area contributed by atoms with Crippen LogP contribution in [0.4, 0.5) is 5.69 Å². The summed E-state index contributed by atoms with van der Waals surface area (Å²) in [5.74, 6) is 0.520. The topological polar surface area (TPSA) is 50.9 Å². The molecule has 1 aliphatic heterocycles. The normalized spacial score (nSPS) is 22.8. The van der Waals surface area contributed by atoms with Gasteiger partial charge in [-0.25, -0.2) is 0 Å². The molecular weight excluding hydrogens is 150 g/mol. The number of hydrogen-bond donors (Lipinski definition) is 2. The average molecular weight is 163 g/mol. The van der Waals surface area contributed by atoms with Gasteiger partial charge >= 0.3 is 0 Å². The van der Waals surface area contributed by atoms with E-state index in [9.17, 15) is 0 Å². The lowest BCUT2D eigenvalue weighted by atomic mass is 10.0. The number of rotatable bonds is 1. The van der Waals surface area contributed by atoms with E-state index in [0.29, 0.717) is 5.92 Å². The van der Waals surface area contributed by atoms with E-state index < -0.39 is 0 Å². The van der Waals surface area contributed by atoms with E-state index in [1.165, 1.54) is 0 Å². The van der Waals surface area contributed by atoms with Gasteiger partial charge in [0.25, 0.3) is 0 Å². The largest absolute Gasteiger partial charge is 0.397 e. The monoisotopic (exact) mass is 163 g/mol. The highest BCUT2D eigenvalue weighted by Gasteiger charge is 2.19. The first-order valence-corrected chi connectivity index (χ1v) is 4.29. The van der Waals surface area contributed by atoms with Gasteiger partial charge in [-0.3, -0.25) is 4.98 Å². The smallest absolute Gasteiger partial charge is 0.0676 e. The molecule has 0 amide bonds. The number of hydrogen-bond acceptors (Lipinski definition) is 3. The zero-order valence-electron chi connectivity index (χ0n) is 6.96. The van der Waals surface area contributed by atoms with Crippen molar-refractivity contribution in [1.29, 1.82) is 0 Å². The Kier molecular flexibility index (Phi) is 1.96. The second kappa shape index (κ2) is 3.11. The maximum atomic E-state index is 5.81. The van der Waals surface area contributed by atoms with Crippen LogP contribution in [0.5, 0.6) is 0 Å². The van der Waals surface area contributed by atoms with Crippen LogP contribution in [0.25, 0.3) is 0 Å². The van der Waals surface area contributed by atoms with Crippen LogP contribution in [0.15, 0.2) is 18.3 Å². The summed E-state index contributed by atoms with van der Waals surface area (Å²) in [4.78, 5) is 4.30. The molecule has 0 saturated carbocycles. The Morgan fingerprint density at radius 2 is 2.50 bits per heavy atom. The van der Waals surface area contributed by atoms with Crippen LogP contribution in [-0.4, -0.2) is 18.1 Å². The van der Waals surface area contributed by atoms with Gasteiger partial charge in [-0.05, 0) is 25.1 Å². The highest BCUT2D eigenvalue weighted by molar-refractivity contribution is 5.44. The number of nitrogen functional groups attached to an aromatic ring is 1. The van der Waals surface area contributed by atoms with Crippen LogP contribution in [0, 0.1) is 0 Å². The van der Waals surface area contributed by atoms with Crippen LogP contribution in [0.1, 0.15) is 18.0 Å². The lowest BCUT2D eigenvalue weighted by Crippen LogP contribution is -2.10. The minimum absolute atomic E-state index is 0.520. The van der Waals surface area contributed by atoms with Crippen molar-refractivity contribution in [3.05, 3.63) is 24.0 Å². The predicted octanol–water partition coefficient (Wildman–Crippen LogP) is 0.741. The molecule has 0 aromatic carbocycles. The molecule has 3 N–H and O–H groups in total.